The molecule has 1 saturated heterocycles. The zero-order valence-corrected chi connectivity index (χ0v) is 13.4. The Morgan fingerprint density at radius 1 is 1.29 bits per heavy atom. The number of aromatic nitrogens is 4. The molecule has 24 heavy (non-hydrogen) atoms. The Bertz CT molecular complexity index is 817. The molecule has 3 heterocycles. The molecule has 1 N–H and O–H groups in total. The Balaban J connectivity index is 1.70. The number of likely N-dealkylation sites (tertiary alicyclic amines) is 1. The first-order valence-corrected chi connectivity index (χ1v) is 8.27. The van der Waals surface area contributed by atoms with Crippen molar-refractivity contribution in [2.45, 2.75) is 44.2 Å². The van der Waals surface area contributed by atoms with Crippen molar-refractivity contribution < 1.29 is 14.7 Å². The minimum Gasteiger partial charge on any atom is -0.480 e. The van der Waals surface area contributed by atoms with Crippen molar-refractivity contribution in [3.8, 4) is 0 Å². The summed E-state index contributed by atoms with van der Waals surface area (Å²) in [6.45, 7) is 0. The largest absolute Gasteiger partial charge is 0.480 e. The summed E-state index contributed by atoms with van der Waals surface area (Å²) in [5.74, 6) is -0.903. The molecule has 2 fully saturated rings. The Labute approximate surface area is 138 Å². The van der Waals surface area contributed by atoms with Crippen LogP contribution < -0.4 is 0 Å². The lowest BCUT2D eigenvalue weighted by Gasteiger charge is -2.33. The van der Waals surface area contributed by atoms with Gasteiger partial charge in [0.05, 0.1) is 5.56 Å². The molecule has 1 aliphatic carbocycles. The van der Waals surface area contributed by atoms with E-state index >= 15 is 0 Å². The quantitative estimate of drug-likeness (QED) is 0.889. The van der Waals surface area contributed by atoms with Gasteiger partial charge in [0.2, 0.25) is 0 Å². The van der Waals surface area contributed by atoms with E-state index in [0.717, 1.165) is 25.7 Å². The van der Waals surface area contributed by atoms with Crippen molar-refractivity contribution >= 4 is 23.0 Å². The van der Waals surface area contributed by atoms with Crippen molar-refractivity contribution in [3.63, 3.8) is 0 Å². The molecule has 3 unspecified atom stereocenters. The smallest absolute Gasteiger partial charge is 0.326 e. The average molecular weight is 329 g/mol. The summed E-state index contributed by atoms with van der Waals surface area (Å²) >= 11 is 0. The molecular formula is C16H19N5O3. The Hall–Kier alpha value is -2.51. The van der Waals surface area contributed by atoms with Gasteiger partial charge < -0.3 is 10.0 Å². The van der Waals surface area contributed by atoms with E-state index in [2.05, 4.69) is 15.3 Å². The fraction of sp³-hybridized carbons (Fsp3) is 0.562. The van der Waals surface area contributed by atoms with Crippen LogP contribution in [0.3, 0.4) is 0 Å². The van der Waals surface area contributed by atoms with E-state index in [1.54, 1.807) is 18.0 Å². The number of nitrogens with zero attached hydrogens (tertiary/aromatic N) is 5. The van der Waals surface area contributed by atoms with E-state index in [9.17, 15) is 14.7 Å². The van der Waals surface area contributed by atoms with Gasteiger partial charge in [0.1, 0.15) is 11.6 Å². The molecule has 1 saturated carbocycles. The molecule has 0 radical (unpaired) electrons. The topological polar surface area (TPSA) is 101 Å². The fourth-order valence-electron chi connectivity index (χ4n) is 4.17. The summed E-state index contributed by atoms with van der Waals surface area (Å²) in [4.78, 5) is 30.5. The number of carboxylic acid groups (broad SMARTS) is 1. The summed E-state index contributed by atoms with van der Waals surface area (Å²) in [7, 11) is 1.73. The summed E-state index contributed by atoms with van der Waals surface area (Å²) in [6.07, 6.45) is 6.07. The second kappa shape index (κ2) is 5.54. The van der Waals surface area contributed by atoms with Gasteiger partial charge in [-0.2, -0.15) is 0 Å². The maximum atomic E-state index is 13.0. The average Bonchev–Trinajstić information content (AvgIpc) is 3.15. The van der Waals surface area contributed by atoms with Gasteiger partial charge in [0.25, 0.3) is 5.91 Å². The van der Waals surface area contributed by atoms with Crippen molar-refractivity contribution in [2.24, 2.45) is 13.0 Å². The first-order valence-electron chi connectivity index (χ1n) is 8.27. The minimum atomic E-state index is -0.925. The van der Waals surface area contributed by atoms with E-state index in [4.69, 9.17) is 0 Å². The highest BCUT2D eigenvalue weighted by Gasteiger charge is 2.47. The highest BCUT2D eigenvalue weighted by Crippen LogP contribution is 2.40. The number of amides is 1. The van der Waals surface area contributed by atoms with Crippen LogP contribution in [0.1, 0.15) is 42.5 Å². The van der Waals surface area contributed by atoms with E-state index in [1.807, 2.05) is 0 Å². The fourth-order valence-corrected chi connectivity index (χ4v) is 4.17. The molecule has 0 bridgehead atoms. The Kier molecular flexibility index (Phi) is 3.47. The van der Waals surface area contributed by atoms with Gasteiger partial charge in [0, 0.05) is 19.3 Å². The highest BCUT2D eigenvalue weighted by molar-refractivity contribution is 5.98. The van der Waals surface area contributed by atoms with Gasteiger partial charge in [-0.1, -0.05) is 18.1 Å². The molecule has 2 aliphatic rings. The minimum absolute atomic E-state index is 0.0184. The van der Waals surface area contributed by atoms with Gasteiger partial charge in [-0.25, -0.2) is 14.5 Å². The number of rotatable bonds is 2. The van der Waals surface area contributed by atoms with Gasteiger partial charge in [-0.05, 0) is 31.2 Å². The van der Waals surface area contributed by atoms with Crippen molar-refractivity contribution in [3.05, 3.63) is 17.8 Å². The predicted octanol–water partition coefficient (Wildman–Crippen LogP) is 1.22. The van der Waals surface area contributed by atoms with E-state index in [1.165, 1.54) is 10.9 Å². The Morgan fingerprint density at radius 2 is 2.08 bits per heavy atom. The number of hydrogen-bond acceptors (Lipinski definition) is 5. The van der Waals surface area contributed by atoms with Crippen LogP contribution in [0, 0.1) is 5.92 Å². The molecule has 2 aromatic heterocycles. The molecule has 3 atom stereocenters. The standard InChI is InChI=1S/C16H19N5O3/c1-20-14-11(18-19-20)6-10(8-17-14)15(22)21-12-5-3-2-4-9(12)7-13(21)16(23)24/h6,8-9,12-13H,2-5,7H2,1H3,(H,23,24). The van der Waals surface area contributed by atoms with Crippen LogP contribution in [0.5, 0.6) is 0 Å². The number of aliphatic carboxylic acids is 1. The van der Waals surface area contributed by atoms with Crippen LogP contribution in [0.4, 0.5) is 0 Å². The first-order chi connectivity index (χ1) is 11.6. The number of hydrogen-bond donors (Lipinski definition) is 1. The number of carboxylic acids is 1. The van der Waals surface area contributed by atoms with E-state index < -0.39 is 12.0 Å². The summed E-state index contributed by atoms with van der Waals surface area (Å²) in [6, 6.07) is 0.917. The normalized spacial score (nSPS) is 26.5. The van der Waals surface area contributed by atoms with Crippen LogP contribution in [0.2, 0.25) is 0 Å². The summed E-state index contributed by atoms with van der Waals surface area (Å²) in [5, 5.41) is 17.4. The number of carbonyl (C=O) groups excluding carboxylic acids is 1. The lowest BCUT2D eigenvalue weighted by Crippen LogP contribution is -2.46. The monoisotopic (exact) mass is 329 g/mol. The van der Waals surface area contributed by atoms with Crippen molar-refractivity contribution in [2.75, 3.05) is 0 Å². The third kappa shape index (κ3) is 2.24. The molecule has 0 spiro atoms. The molecule has 126 valence electrons. The molecule has 1 aliphatic heterocycles. The van der Waals surface area contributed by atoms with E-state index in [0.29, 0.717) is 23.1 Å². The first kappa shape index (κ1) is 15.0. The van der Waals surface area contributed by atoms with Gasteiger partial charge in [-0.3, -0.25) is 4.79 Å². The zero-order valence-electron chi connectivity index (χ0n) is 13.4. The van der Waals surface area contributed by atoms with E-state index in [-0.39, 0.29) is 17.9 Å². The maximum absolute atomic E-state index is 13.0. The van der Waals surface area contributed by atoms with Crippen LogP contribution in [0.15, 0.2) is 12.3 Å². The number of carbonyl (C=O) groups is 2. The summed E-state index contributed by atoms with van der Waals surface area (Å²) < 4.78 is 1.54. The molecule has 2 aromatic rings. The third-order valence-corrected chi connectivity index (χ3v) is 5.29. The van der Waals surface area contributed by atoms with Crippen LogP contribution >= 0.6 is 0 Å². The van der Waals surface area contributed by atoms with Gasteiger partial charge in [-0.15, -0.1) is 5.10 Å². The zero-order chi connectivity index (χ0) is 16.8. The van der Waals surface area contributed by atoms with Gasteiger partial charge in [0.15, 0.2) is 5.65 Å². The van der Waals surface area contributed by atoms with Crippen molar-refractivity contribution in [1.82, 2.24) is 24.9 Å². The number of aryl methyl sites for hydroxylation is 1. The molecular weight excluding hydrogens is 310 g/mol. The SMILES string of the molecule is Cn1nnc2cc(C(=O)N3C(C(=O)O)CC4CCCCC43)cnc21. The molecule has 4 rings (SSSR count). The van der Waals surface area contributed by atoms with Crippen LogP contribution in [0.25, 0.3) is 11.2 Å². The Morgan fingerprint density at radius 3 is 2.88 bits per heavy atom. The van der Waals surface area contributed by atoms with Crippen LogP contribution in [-0.4, -0.2) is 53.9 Å². The molecule has 1 amide bonds. The van der Waals surface area contributed by atoms with Crippen molar-refractivity contribution in [1.29, 1.82) is 0 Å². The van der Waals surface area contributed by atoms with Gasteiger partial charge >= 0.3 is 5.97 Å². The molecule has 8 heteroatoms. The molecule has 0 aromatic carbocycles. The predicted molar refractivity (Wildman–Crippen MR) is 84.3 cm³/mol. The highest BCUT2D eigenvalue weighted by atomic mass is 16.4. The lowest BCUT2D eigenvalue weighted by atomic mass is 9.84. The second-order valence-corrected chi connectivity index (χ2v) is 6.69. The van der Waals surface area contributed by atoms with Crippen LogP contribution in [-0.2, 0) is 11.8 Å². The third-order valence-electron chi connectivity index (χ3n) is 5.29. The second-order valence-electron chi connectivity index (χ2n) is 6.69. The summed E-state index contributed by atoms with van der Waals surface area (Å²) in [5.41, 5.74) is 1.51. The number of fused-ring (bicyclic) bond motifs is 2. The lowest BCUT2D eigenvalue weighted by molar-refractivity contribution is -0.141. The maximum Gasteiger partial charge on any atom is 0.326 e. The molecule has 8 nitrogen and oxygen atoms in total. The number of pyridine rings is 1.